The van der Waals surface area contributed by atoms with Crippen molar-refractivity contribution in [3.05, 3.63) is 63.7 Å². The van der Waals surface area contributed by atoms with E-state index in [9.17, 15) is 13.2 Å². The number of thiophene rings is 1. The lowest BCUT2D eigenvalue weighted by Crippen LogP contribution is -2.36. The molecule has 0 atom stereocenters. The van der Waals surface area contributed by atoms with Crippen molar-refractivity contribution in [3.8, 4) is 0 Å². The summed E-state index contributed by atoms with van der Waals surface area (Å²) in [5, 5.41) is 13.3. The SMILES string of the molecule is C=C(NCC(=N)/C=C(\C)c1cccs1)C1=CCCC(C(F)(F)F)=C1N1CCCCC1. The van der Waals surface area contributed by atoms with Crippen LogP contribution in [0.1, 0.15) is 43.9 Å². The summed E-state index contributed by atoms with van der Waals surface area (Å²) >= 11 is 1.61. The van der Waals surface area contributed by atoms with Gasteiger partial charge in [-0.15, -0.1) is 11.3 Å². The van der Waals surface area contributed by atoms with Crippen molar-refractivity contribution < 1.29 is 13.2 Å². The molecule has 2 heterocycles. The lowest BCUT2D eigenvalue weighted by molar-refractivity contribution is -0.0963. The molecule has 3 rings (SSSR count). The maximum absolute atomic E-state index is 13.8. The van der Waals surface area contributed by atoms with Gasteiger partial charge < -0.3 is 15.6 Å². The summed E-state index contributed by atoms with van der Waals surface area (Å²) in [6, 6.07) is 3.96. The van der Waals surface area contributed by atoms with Crippen LogP contribution in [0.3, 0.4) is 0 Å². The van der Waals surface area contributed by atoms with E-state index in [1.165, 1.54) is 0 Å². The molecule has 1 fully saturated rings. The minimum absolute atomic E-state index is 0.00464. The molecule has 0 aromatic carbocycles. The van der Waals surface area contributed by atoms with Crippen molar-refractivity contribution in [1.82, 2.24) is 10.2 Å². The molecule has 7 heteroatoms. The number of rotatable bonds is 7. The summed E-state index contributed by atoms with van der Waals surface area (Å²) in [5.41, 5.74) is 2.16. The van der Waals surface area contributed by atoms with Gasteiger partial charge in [0.1, 0.15) is 0 Å². The molecule has 0 spiro atoms. The number of nitrogens with one attached hydrogen (secondary N) is 2. The Bertz CT molecular complexity index is 870. The number of likely N-dealkylation sites (tertiary alicyclic amines) is 1. The highest BCUT2D eigenvalue weighted by molar-refractivity contribution is 7.11. The van der Waals surface area contributed by atoms with Crippen LogP contribution >= 0.6 is 11.3 Å². The summed E-state index contributed by atoms with van der Waals surface area (Å²) in [6.07, 6.45) is 2.49. The van der Waals surface area contributed by atoms with Crippen LogP contribution in [0.5, 0.6) is 0 Å². The molecular weight excluding hydrogens is 407 g/mol. The monoisotopic (exact) mass is 435 g/mol. The normalized spacial score (nSPS) is 18.3. The second kappa shape index (κ2) is 9.69. The average Bonchev–Trinajstić information content (AvgIpc) is 3.26. The smallest absolute Gasteiger partial charge is 0.379 e. The van der Waals surface area contributed by atoms with Crippen LogP contribution in [0, 0.1) is 5.41 Å². The van der Waals surface area contributed by atoms with E-state index in [2.05, 4.69) is 11.9 Å². The molecule has 0 amide bonds. The molecule has 2 N–H and O–H groups in total. The number of piperidine rings is 1. The van der Waals surface area contributed by atoms with Gasteiger partial charge >= 0.3 is 6.18 Å². The third kappa shape index (κ3) is 5.45. The third-order valence-corrected chi connectivity index (χ3v) is 6.42. The first-order chi connectivity index (χ1) is 14.3. The minimum Gasteiger partial charge on any atom is -0.379 e. The summed E-state index contributed by atoms with van der Waals surface area (Å²) in [5.74, 6) is 0. The molecule has 0 bridgehead atoms. The van der Waals surface area contributed by atoms with Crippen LogP contribution in [-0.4, -0.2) is 36.4 Å². The van der Waals surface area contributed by atoms with E-state index >= 15 is 0 Å². The number of allylic oxidation sites excluding steroid dienone is 3. The maximum atomic E-state index is 13.8. The van der Waals surface area contributed by atoms with Gasteiger partial charge in [0, 0.05) is 29.2 Å². The number of hydrogen-bond donors (Lipinski definition) is 2. The second-order valence-electron chi connectivity index (χ2n) is 7.69. The molecule has 3 nitrogen and oxygen atoms in total. The van der Waals surface area contributed by atoms with Crippen molar-refractivity contribution >= 4 is 22.6 Å². The van der Waals surface area contributed by atoms with Gasteiger partial charge in [0.2, 0.25) is 0 Å². The van der Waals surface area contributed by atoms with Gasteiger partial charge in [0.15, 0.2) is 0 Å². The van der Waals surface area contributed by atoms with Crippen LogP contribution in [0.4, 0.5) is 13.2 Å². The number of halogens is 3. The Hall–Kier alpha value is -2.28. The standard InChI is InChI=1S/C23H28F3N3S/c1-16(21-10-7-13-30-21)14-18(27)15-28-17(2)19-8-6-9-20(23(24,25)26)22(19)29-11-4-3-5-12-29/h7-8,10,13-14,27-28H,2-6,9,11-12,15H2,1H3/b16-14+,27-18?. The molecule has 1 aliphatic carbocycles. The van der Waals surface area contributed by atoms with Gasteiger partial charge in [0.05, 0.1) is 23.5 Å². The van der Waals surface area contributed by atoms with Crippen LogP contribution in [0.25, 0.3) is 5.57 Å². The lowest BCUT2D eigenvalue weighted by Gasteiger charge is -2.37. The van der Waals surface area contributed by atoms with Crippen molar-refractivity contribution in [2.45, 2.75) is 45.2 Å². The van der Waals surface area contributed by atoms with E-state index in [-0.39, 0.29) is 18.7 Å². The Labute approximate surface area is 180 Å². The van der Waals surface area contributed by atoms with Gasteiger partial charge in [0.25, 0.3) is 0 Å². The fourth-order valence-electron chi connectivity index (χ4n) is 3.94. The fourth-order valence-corrected chi connectivity index (χ4v) is 4.65. The highest BCUT2D eigenvalue weighted by Gasteiger charge is 2.40. The first kappa shape index (κ1) is 22.4. The zero-order valence-electron chi connectivity index (χ0n) is 17.2. The Morgan fingerprint density at radius 1 is 1.30 bits per heavy atom. The first-order valence-electron chi connectivity index (χ1n) is 10.3. The minimum atomic E-state index is -4.35. The summed E-state index contributed by atoms with van der Waals surface area (Å²) in [6.45, 7) is 7.46. The summed E-state index contributed by atoms with van der Waals surface area (Å²) < 4.78 is 41.3. The van der Waals surface area contributed by atoms with Gasteiger partial charge in [-0.25, -0.2) is 0 Å². The van der Waals surface area contributed by atoms with Gasteiger partial charge in [-0.05, 0) is 62.1 Å². The fraction of sp³-hybridized carbons (Fsp3) is 0.435. The quantitative estimate of drug-likeness (QED) is 0.494. The van der Waals surface area contributed by atoms with Crippen LogP contribution in [0.15, 0.2) is 58.8 Å². The number of nitrogens with zero attached hydrogens (tertiary/aromatic N) is 1. The number of hydrogen-bond acceptors (Lipinski definition) is 4. The molecular formula is C23H28F3N3S. The Kier molecular flexibility index (Phi) is 7.23. The predicted octanol–water partition coefficient (Wildman–Crippen LogP) is 6.30. The molecule has 0 unspecified atom stereocenters. The van der Waals surface area contributed by atoms with Crippen molar-refractivity contribution in [2.24, 2.45) is 0 Å². The summed E-state index contributed by atoms with van der Waals surface area (Å²) in [7, 11) is 0. The molecule has 1 aromatic heterocycles. The van der Waals surface area contributed by atoms with Crippen molar-refractivity contribution in [1.29, 1.82) is 5.41 Å². The van der Waals surface area contributed by atoms with E-state index < -0.39 is 11.7 Å². The highest BCUT2D eigenvalue weighted by Crippen LogP contribution is 2.40. The first-order valence-corrected chi connectivity index (χ1v) is 11.1. The zero-order chi connectivity index (χ0) is 21.7. The molecule has 30 heavy (non-hydrogen) atoms. The second-order valence-corrected chi connectivity index (χ2v) is 8.64. The van der Waals surface area contributed by atoms with Crippen LogP contribution in [0.2, 0.25) is 0 Å². The van der Waals surface area contributed by atoms with E-state index in [4.69, 9.17) is 5.41 Å². The Balaban J connectivity index is 1.74. The molecule has 0 saturated carbocycles. The van der Waals surface area contributed by atoms with Crippen LogP contribution < -0.4 is 5.32 Å². The molecule has 2 aliphatic rings. The summed E-state index contributed by atoms with van der Waals surface area (Å²) in [4.78, 5) is 2.97. The maximum Gasteiger partial charge on any atom is 0.414 e. The Morgan fingerprint density at radius 3 is 2.67 bits per heavy atom. The van der Waals surface area contributed by atoms with E-state index in [0.717, 1.165) is 29.7 Å². The topological polar surface area (TPSA) is 39.1 Å². The van der Waals surface area contributed by atoms with Gasteiger partial charge in [-0.3, -0.25) is 0 Å². The van der Waals surface area contributed by atoms with Gasteiger partial charge in [-0.2, -0.15) is 13.2 Å². The average molecular weight is 436 g/mol. The van der Waals surface area contributed by atoms with Crippen LogP contribution in [-0.2, 0) is 0 Å². The number of alkyl halides is 3. The predicted molar refractivity (Wildman–Crippen MR) is 119 cm³/mol. The van der Waals surface area contributed by atoms with E-state index in [1.807, 2.05) is 35.4 Å². The largest absolute Gasteiger partial charge is 0.414 e. The van der Waals surface area contributed by atoms with E-state index in [0.29, 0.717) is 36.5 Å². The molecule has 1 saturated heterocycles. The van der Waals surface area contributed by atoms with Gasteiger partial charge in [-0.1, -0.05) is 18.7 Å². The van der Waals surface area contributed by atoms with Crippen molar-refractivity contribution in [3.63, 3.8) is 0 Å². The Morgan fingerprint density at radius 2 is 2.03 bits per heavy atom. The third-order valence-electron chi connectivity index (χ3n) is 5.42. The molecule has 162 valence electrons. The highest BCUT2D eigenvalue weighted by atomic mass is 32.1. The lowest BCUT2D eigenvalue weighted by atomic mass is 9.91. The molecule has 1 aromatic rings. The van der Waals surface area contributed by atoms with Crippen molar-refractivity contribution in [2.75, 3.05) is 19.6 Å². The zero-order valence-corrected chi connectivity index (χ0v) is 18.1. The molecule has 1 aliphatic heterocycles. The molecule has 0 radical (unpaired) electrons. The van der Waals surface area contributed by atoms with E-state index in [1.54, 1.807) is 17.4 Å².